The van der Waals surface area contributed by atoms with Crippen LogP contribution in [0.3, 0.4) is 0 Å². The fourth-order valence-corrected chi connectivity index (χ4v) is 3.61. The molecule has 0 amide bonds. The maximum Gasteiger partial charge on any atom is 0.124 e. The summed E-state index contributed by atoms with van der Waals surface area (Å²) in [7, 11) is 0. The van der Waals surface area contributed by atoms with Gasteiger partial charge >= 0.3 is 0 Å². The van der Waals surface area contributed by atoms with Crippen molar-refractivity contribution in [3.05, 3.63) is 50.9 Å². The Morgan fingerprint density at radius 1 is 1.27 bits per heavy atom. The molecule has 0 unspecified atom stereocenters. The minimum atomic E-state index is -0.174. The molecule has 1 aromatic heterocycles. The molecule has 0 atom stereocenters. The number of thiophene rings is 1. The van der Waals surface area contributed by atoms with E-state index in [4.69, 9.17) is 0 Å². The number of rotatable bonds is 3. The Hall–Kier alpha value is -0.320. The van der Waals surface area contributed by atoms with Gasteiger partial charge in [0.05, 0.1) is 3.79 Å². The third-order valence-electron chi connectivity index (χ3n) is 1.81. The minimum Gasteiger partial charge on any atom is -0.207 e. The lowest BCUT2D eigenvalue weighted by molar-refractivity contribution is 0.624. The van der Waals surface area contributed by atoms with Crippen LogP contribution in [0.1, 0.15) is 4.88 Å². The van der Waals surface area contributed by atoms with Crippen molar-refractivity contribution in [1.82, 2.24) is 0 Å². The van der Waals surface area contributed by atoms with Crippen LogP contribution in [0.5, 0.6) is 0 Å². The first-order valence-electron chi connectivity index (χ1n) is 4.36. The number of benzene rings is 1. The molecule has 1 heterocycles. The lowest BCUT2D eigenvalue weighted by Gasteiger charge is -1.99. The van der Waals surface area contributed by atoms with Crippen LogP contribution in [0.25, 0.3) is 0 Å². The van der Waals surface area contributed by atoms with E-state index in [1.165, 1.54) is 10.9 Å². The Balaban J connectivity index is 1.99. The molecule has 15 heavy (non-hydrogen) atoms. The van der Waals surface area contributed by atoms with Gasteiger partial charge in [-0.3, -0.25) is 0 Å². The van der Waals surface area contributed by atoms with Gasteiger partial charge < -0.3 is 0 Å². The van der Waals surface area contributed by atoms with Gasteiger partial charge in [0.2, 0.25) is 0 Å². The maximum atomic E-state index is 12.9. The molecular formula is C11H8BrFS2. The molecule has 2 aromatic rings. The SMILES string of the molecule is Fc1cccc(SCc2ccc(Br)s2)c1. The average molecular weight is 303 g/mol. The highest BCUT2D eigenvalue weighted by Gasteiger charge is 2.00. The van der Waals surface area contributed by atoms with E-state index in [1.54, 1.807) is 35.2 Å². The van der Waals surface area contributed by atoms with Crippen LogP contribution >= 0.6 is 39.0 Å². The molecule has 1 aromatic carbocycles. The van der Waals surface area contributed by atoms with E-state index in [2.05, 4.69) is 22.0 Å². The van der Waals surface area contributed by atoms with Gasteiger partial charge in [-0.2, -0.15) is 0 Å². The number of thioether (sulfide) groups is 1. The van der Waals surface area contributed by atoms with Gasteiger partial charge in [0.15, 0.2) is 0 Å². The Kier molecular flexibility index (Phi) is 3.83. The van der Waals surface area contributed by atoms with Crippen molar-refractivity contribution < 1.29 is 4.39 Å². The van der Waals surface area contributed by atoms with Crippen molar-refractivity contribution in [3.8, 4) is 0 Å². The summed E-state index contributed by atoms with van der Waals surface area (Å²) in [5, 5.41) is 0. The van der Waals surface area contributed by atoms with Crippen molar-refractivity contribution in [3.63, 3.8) is 0 Å². The molecule has 78 valence electrons. The third kappa shape index (κ3) is 3.33. The molecule has 0 aliphatic carbocycles. The van der Waals surface area contributed by atoms with Crippen LogP contribution in [0, 0.1) is 5.82 Å². The van der Waals surface area contributed by atoms with Crippen LogP contribution in [0.4, 0.5) is 4.39 Å². The molecule has 0 bridgehead atoms. The summed E-state index contributed by atoms with van der Waals surface area (Å²) < 4.78 is 14.0. The van der Waals surface area contributed by atoms with Crippen molar-refractivity contribution in [2.75, 3.05) is 0 Å². The second-order valence-electron chi connectivity index (χ2n) is 2.95. The lowest BCUT2D eigenvalue weighted by atomic mass is 10.4. The molecule has 0 fully saturated rings. The second kappa shape index (κ2) is 5.14. The van der Waals surface area contributed by atoms with Crippen molar-refractivity contribution in [2.24, 2.45) is 0 Å². The van der Waals surface area contributed by atoms with Gasteiger partial charge in [0.25, 0.3) is 0 Å². The minimum absolute atomic E-state index is 0.174. The van der Waals surface area contributed by atoms with Gasteiger partial charge in [-0.05, 0) is 46.3 Å². The second-order valence-corrected chi connectivity index (χ2v) is 6.55. The van der Waals surface area contributed by atoms with Crippen LogP contribution in [0.2, 0.25) is 0 Å². The smallest absolute Gasteiger partial charge is 0.124 e. The van der Waals surface area contributed by atoms with Crippen molar-refractivity contribution in [1.29, 1.82) is 0 Å². The molecule has 0 saturated carbocycles. The summed E-state index contributed by atoms with van der Waals surface area (Å²) >= 11 is 6.78. The molecule has 0 aliphatic rings. The molecule has 0 radical (unpaired) electrons. The summed E-state index contributed by atoms with van der Waals surface area (Å²) in [6.45, 7) is 0. The molecule has 0 N–H and O–H groups in total. The summed E-state index contributed by atoms with van der Waals surface area (Å²) in [4.78, 5) is 2.26. The molecule has 4 heteroatoms. The Morgan fingerprint density at radius 2 is 2.13 bits per heavy atom. The highest BCUT2D eigenvalue weighted by molar-refractivity contribution is 9.11. The third-order valence-corrected chi connectivity index (χ3v) is 4.66. The number of halogens is 2. The number of hydrogen-bond acceptors (Lipinski definition) is 2. The first-order valence-corrected chi connectivity index (χ1v) is 6.96. The Morgan fingerprint density at radius 3 is 2.80 bits per heavy atom. The molecular weight excluding hydrogens is 295 g/mol. The van der Waals surface area contributed by atoms with Crippen molar-refractivity contribution >= 4 is 39.0 Å². The lowest BCUT2D eigenvalue weighted by Crippen LogP contribution is -1.77. The number of hydrogen-bond donors (Lipinski definition) is 0. The zero-order valence-electron chi connectivity index (χ0n) is 7.74. The first kappa shape index (κ1) is 11.2. The van der Waals surface area contributed by atoms with Gasteiger partial charge in [-0.25, -0.2) is 4.39 Å². The van der Waals surface area contributed by atoms with E-state index in [0.717, 1.165) is 14.4 Å². The van der Waals surface area contributed by atoms with Gasteiger partial charge in [0, 0.05) is 15.5 Å². The first-order chi connectivity index (χ1) is 7.24. The summed E-state index contributed by atoms with van der Waals surface area (Å²) in [5.41, 5.74) is 0. The van der Waals surface area contributed by atoms with Gasteiger partial charge in [-0.15, -0.1) is 23.1 Å². The maximum absolute atomic E-state index is 12.9. The Bertz CT molecular complexity index is 453. The quantitative estimate of drug-likeness (QED) is 0.724. The zero-order valence-corrected chi connectivity index (χ0v) is 11.0. The molecule has 0 spiro atoms. The van der Waals surface area contributed by atoms with E-state index >= 15 is 0 Å². The van der Waals surface area contributed by atoms with E-state index < -0.39 is 0 Å². The van der Waals surface area contributed by atoms with E-state index in [-0.39, 0.29) is 5.82 Å². The standard InChI is InChI=1S/C11H8BrFS2/c12-11-5-4-10(15-11)7-14-9-3-1-2-8(13)6-9/h1-6H,7H2. The van der Waals surface area contributed by atoms with Crippen LogP contribution in [0.15, 0.2) is 45.1 Å². The average Bonchev–Trinajstić information content (AvgIpc) is 2.62. The normalized spacial score (nSPS) is 10.5. The zero-order chi connectivity index (χ0) is 10.7. The fraction of sp³-hybridized carbons (Fsp3) is 0.0909. The van der Waals surface area contributed by atoms with E-state index in [9.17, 15) is 4.39 Å². The van der Waals surface area contributed by atoms with E-state index in [1.807, 2.05) is 12.1 Å². The van der Waals surface area contributed by atoms with Crippen LogP contribution in [-0.2, 0) is 5.75 Å². The molecule has 0 aliphatic heterocycles. The topological polar surface area (TPSA) is 0 Å². The summed E-state index contributed by atoms with van der Waals surface area (Å²) in [5.74, 6) is 0.715. The summed E-state index contributed by atoms with van der Waals surface area (Å²) in [6.07, 6.45) is 0. The largest absolute Gasteiger partial charge is 0.207 e. The highest BCUT2D eigenvalue weighted by atomic mass is 79.9. The summed E-state index contributed by atoms with van der Waals surface area (Å²) in [6, 6.07) is 10.8. The predicted octanol–water partition coefficient (Wildman–Crippen LogP) is 4.94. The van der Waals surface area contributed by atoms with Crippen LogP contribution < -0.4 is 0 Å². The molecule has 2 rings (SSSR count). The van der Waals surface area contributed by atoms with Crippen LogP contribution in [-0.4, -0.2) is 0 Å². The predicted molar refractivity (Wildman–Crippen MR) is 68.0 cm³/mol. The fourth-order valence-electron chi connectivity index (χ4n) is 1.14. The van der Waals surface area contributed by atoms with Gasteiger partial charge in [-0.1, -0.05) is 6.07 Å². The van der Waals surface area contributed by atoms with E-state index in [0.29, 0.717) is 0 Å². The molecule has 0 saturated heterocycles. The highest BCUT2D eigenvalue weighted by Crippen LogP contribution is 2.29. The van der Waals surface area contributed by atoms with Gasteiger partial charge in [0.1, 0.15) is 5.82 Å². The Labute approximate surface area is 105 Å². The molecule has 0 nitrogen and oxygen atoms in total. The van der Waals surface area contributed by atoms with Crippen molar-refractivity contribution in [2.45, 2.75) is 10.6 Å². The monoisotopic (exact) mass is 302 g/mol.